The largest absolute Gasteiger partial charge is 2.00 e. The van der Waals surface area contributed by atoms with Crippen molar-refractivity contribution >= 4 is 87.5 Å². The van der Waals surface area contributed by atoms with Gasteiger partial charge in [-0.25, -0.2) is 0 Å². The van der Waals surface area contributed by atoms with Crippen LogP contribution in [0.25, 0.3) is 0 Å². The SMILES string of the molecule is CCCN(C)CC.CN(C)C(=S)[S-].S=C([S-])NCCNC(=S)S.[Zn+2]. The maximum absolute atomic E-state index is 4.64. The van der Waals surface area contributed by atoms with Crippen LogP contribution in [0.2, 0.25) is 0 Å². The molecule has 0 unspecified atom stereocenters. The van der Waals surface area contributed by atoms with E-state index in [-0.39, 0.29) is 19.5 Å². The molecule has 0 saturated heterocycles. The second-order valence-corrected chi connectivity index (χ2v) is 7.77. The van der Waals surface area contributed by atoms with Crippen molar-refractivity contribution in [2.24, 2.45) is 0 Å². The predicted octanol–water partition coefficient (Wildman–Crippen LogP) is 1.94. The summed E-state index contributed by atoms with van der Waals surface area (Å²) in [5.74, 6) is 0. The minimum absolute atomic E-state index is 0. The average Bonchev–Trinajstić information content (AvgIpc) is 2.44. The van der Waals surface area contributed by atoms with Crippen molar-refractivity contribution < 1.29 is 19.5 Å². The number of nitrogens with one attached hydrogen (secondary N) is 2. The molecule has 0 aliphatic heterocycles. The Bertz CT molecular complexity index is 316. The van der Waals surface area contributed by atoms with Gasteiger partial charge in [-0.3, -0.25) is 0 Å². The Balaban J connectivity index is -0.000000127. The van der Waals surface area contributed by atoms with Crippen LogP contribution < -0.4 is 10.6 Å². The predicted molar refractivity (Wildman–Crippen MR) is 125 cm³/mol. The normalized spacial score (nSPS) is 8.46. The van der Waals surface area contributed by atoms with Gasteiger partial charge in [-0.05, 0) is 26.6 Å². The van der Waals surface area contributed by atoms with Crippen molar-refractivity contribution in [3.63, 3.8) is 0 Å². The third-order valence-electron chi connectivity index (χ3n) is 2.18. The van der Waals surface area contributed by atoms with Crippen LogP contribution in [0.1, 0.15) is 20.3 Å². The van der Waals surface area contributed by atoms with E-state index >= 15 is 0 Å². The molecule has 0 aromatic heterocycles. The number of hydrogen-bond acceptors (Lipinski definition) is 6. The van der Waals surface area contributed by atoms with Crippen LogP contribution in [0.5, 0.6) is 0 Å². The summed E-state index contributed by atoms with van der Waals surface area (Å²) < 4.78 is 1.37. The van der Waals surface area contributed by atoms with E-state index in [1.165, 1.54) is 19.5 Å². The van der Waals surface area contributed by atoms with Gasteiger partial charge >= 0.3 is 19.5 Å². The van der Waals surface area contributed by atoms with E-state index in [2.05, 4.69) is 111 Å². The van der Waals surface area contributed by atoms with E-state index in [0.717, 1.165) is 0 Å². The Morgan fingerprint density at radius 2 is 1.42 bits per heavy atom. The summed E-state index contributed by atoms with van der Waals surface area (Å²) in [5, 5.41) is 5.62. The molecule has 0 aliphatic carbocycles. The van der Waals surface area contributed by atoms with Gasteiger partial charge in [-0.15, -0.1) is 12.6 Å². The van der Waals surface area contributed by atoms with E-state index in [4.69, 9.17) is 0 Å². The van der Waals surface area contributed by atoms with Crippen LogP contribution in [0, 0.1) is 0 Å². The monoisotopic (exact) mass is 496 g/mol. The van der Waals surface area contributed by atoms with E-state index < -0.39 is 0 Å². The molecule has 0 heterocycles. The van der Waals surface area contributed by atoms with Crippen molar-refractivity contribution in [2.45, 2.75) is 20.3 Å². The molecular formula is C13H28N4S6Zn. The third kappa shape index (κ3) is 38.5. The molecule has 0 saturated carbocycles. The fourth-order valence-electron chi connectivity index (χ4n) is 0.874. The van der Waals surface area contributed by atoms with Crippen LogP contribution in [0.3, 0.4) is 0 Å². The zero-order chi connectivity index (χ0) is 18.8. The topological polar surface area (TPSA) is 30.5 Å². The zero-order valence-corrected chi connectivity index (χ0v) is 23.1. The maximum Gasteiger partial charge on any atom is 2.00 e. The number of thiol groups is 1. The molecule has 0 aromatic rings. The van der Waals surface area contributed by atoms with Gasteiger partial charge in [0.1, 0.15) is 4.32 Å². The van der Waals surface area contributed by atoms with Gasteiger partial charge in [-0.1, -0.05) is 34.7 Å². The van der Waals surface area contributed by atoms with Gasteiger partial charge in [-0.2, -0.15) is 0 Å². The fraction of sp³-hybridized carbons (Fsp3) is 0.769. The molecule has 0 amide bonds. The number of thiocarbonyl (C=S) groups is 3. The van der Waals surface area contributed by atoms with Crippen molar-refractivity contribution in [1.29, 1.82) is 0 Å². The number of hydrogen-bond donors (Lipinski definition) is 3. The van der Waals surface area contributed by atoms with Crippen LogP contribution in [0.15, 0.2) is 0 Å². The average molecular weight is 498 g/mol. The summed E-state index contributed by atoms with van der Waals surface area (Å²) in [6.45, 7) is 8.16. The zero-order valence-electron chi connectivity index (χ0n) is 15.1. The third-order valence-corrected chi connectivity index (χ3v) is 3.50. The second-order valence-electron chi connectivity index (χ2n) is 4.50. The summed E-state index contributed by atoms with van der Waals surface area (Å²) in [6, 6.07) is 0. The first-order valence-electron chi connectivity index (χ1n) is 7.06. The molecule has 0 radical (unpaired) electrons. The summed E-state index contributed by atoms with van der Waals surface area (Å²) >= 11 is 26.8. The van der Waals surface area contributed by atoms with Crippen molar-refractivity contribution in [3.8, 4) is 0 Å². The summed E-state index contributed by atoms with van der Waals surface area (Å²) in [7, 11) is 5.80. The Labute approximate surface area is 193 Å². The van der Waals surface area contributed by atoms with E-state index in [1.54, 1.807) is 4.90 Å². The number of rotatable bonds is 6. The molecule has 0 bridgehead atoms. The quantitative estimate of drug-likeness (QED) is 0.167. The Hall–Kier alpha value is 1.04. The standard InChI is InChI=1S/C6H15N.C4H8N2S4.C3H7NS2.Zn/c1-4-6-7(3)5-2;7-3(8)5-1-2-6-4(9)10;1-4(2)3(5)6;/h4-6H2,1-3H3;1-2H2,(H2,5,7,8)(H2,6,9,10);1-2H3,(H,5,6);/q;;;+2/p-2. The Morgan fingerprint density at radius 1 is 1.00 bits per heavy atom. The van der Waals surface area contributed by atoms with Crippen molar-refractivity contribution in [3.05, 3.63) is 0 Å². The molecule has 0 rings (SSSR count). The van der Waals surface area contributed by atoms with Crippen molar-refractivity contribution in [2.75, 3.05) is 47.3 Å². The first kappa shape index (κ1) is 32.7. The van der Waals surface area contributed by atoms with Crippen LogP contribution in [0.4, 0.5) is 0 Å². The molecule has 2 N–H and O–H groups in total. The van der Waals surface area contributed by atoms with Gasteiger partial charge in [0.05, 0.1) is 0 Å². The van der Waals surface area contributed by atoms with Crippen LogP contribution in [-0.4, -0.2) is 70.1 Å². The van der Waals surface area contributed by atoms with Crippen molar-refractivity contribution in [1.82, 2.24) is 20.4 Å². The van der Waals surface area contributed by atoms with Gasteiger partial charge in [0.2, 0.25) is 0 Å². The van der Waals surface area contributed by atoms with E-state index in [1.807, 2.05) is 14.1 Å². The van der Waals surface area contributed by atoms with Crippen LogP contribution in [-0.2, 0) is 44.7 Å². The van der Waals surface area contributed by atoms with E-state index in [9.17, 15) is 0 Å². The van der Waals surface area contributed by atoms with Gasteiger partial charge in [0.15, 0.2) is 0 Å². The van der Waals surface area contributed by atoms with Gasteiger partial charge in [0.25, 0.3) is 0 Å². The first-order chi connectivity index (χ1) is 10.6. The second kappa shape index (κ2) is 24.0. The molecule has 0 aromatic carbocycles. The minimum Gasteiger partial charge on any atom is -0.412 e. The summed E-state index contributed by atoms with van der Waals surface area (Å²) in [4.78, 5) is 4.02. The molecule has 11 heteroatoms. The molecule has 0 fully saturated rings. The minimum atomic E-state index is 0. The molecule has 0 atom stereocenters. The molecule has 4 nitrogen and oxygen atoms in total. The van der Waals surface area contributed by atoms with Gasteiger partial charge in [0, 0.05) is 27.2 Å². The smallest absolute Gasteiger partial charge is 0.412 e. The molecule has 0 spiro atoms. The Kier molecular flexibility index (Phi) is 32.8. The fourth-order valence-corrected chi connectivity index (χ4v) is 1.29. The number of nitrogens with zero attached hydrogens (tertiary/aromatic N) is 2. The Morgan fingerprint density at radius 3 is 1.62 bits per heavy atom. The van der Waals surface area contributed by atoms with Crippen LogP contribution >= 0.6 is 49.3 Å². The maximum atomic E-state index is 4.64. The first-order valence-corrected chi connectivity index (χ1v) is 9.55. The molecule has 138 valence electrons. The summed E-state index contributed by atoms with van der Waals surface area (Å²) in [5.41, 5.74) is 0. The van der Waals surface area contributed by atoms with Gasteiger partial charge < -0.3 is 70.1 Å². The van der Waals surface area contributed by atoms with E-state index in [0.29, 0.717) is 26.1 Å². The molecule has 24 heavy (non-hydrogen) atoms. The molecular weight excluding hydrogens is 470 g/mol. The molecule has 0 aliphatic rings. The summed E-state index contributed by atoms with van der Waals surface area (Å²) in [6.07, 6.45) is 1.27.